The molecule has 0 saturated carbocycles. The maximum Gasteiger partial charge on any atom is 0.392 e. The summed E-state index contributed by atoms with van der Waals surface area (Å²) in [5.74, 6) is -1.62. The fourth-order valence-corrected chi connectivity index (χ4v) is 3.21. The smallest absolute Gasteiger partial charge is 0.392 e. The van der Waals surface area contributed by atoms with Gasteiger partial charge in [0.05, 0.1) is 5.56 Å². The van der Waals surface area contributed by atoms with Crippen molar-refractivity contribution >= 4 is 5.71 Å². The maximum atomic E-state index is 13.2. The van der Waals surface area contributed by atoms with Crippen molar-refractivity contribution in [1.82, 2.24) is 5.06 Å². The highest BCUT2D eigenvalue weighted by molar-refractivity contribution is 6.04. The van der Waals surface area contributed by atoms with E-state index >= 15 is 0 Å². The standard InChI is InChI=1S/C18H20N2O3/c1-17(2)16(14-10-6-4-7-11-14)19(21)18(23-3,20(17)22)15-12-8-5-9-13-15/h4-13,22H,1-3H3. The monoisotopic (exact) mass is 312 g/mol. The molecule has 2 aromatic carbocycles. The molecule has 1 heterocycles. The average molecular weight is 312 g/mol. The topological polar surface area (TPSA) is 58.8 Å². The van der Waals surface area contributed by atoms with Gasteiger partial charge in [-0.1, -0.05) is 41.5 Å². The quantitative estimate of drug-likeness (QED) is 0.699. The first-order chi connectivity index (χ1) is 11.0. The zero-order valence-corrected chi connectivity index (χ0v) is 13.4. The van der Waals surface area contributed by atoms with Gasteiger partial charge < -0.3 is 15.2 Å². The zero-order chi connectivity index (χ0) is 16.7. The Hall–Kier alpha value is -2.21. The minimum atomic E-state index is -1.62. The normalized spacial score (nSPS) is 24.2. The van der Waals surface area contributed by atoms with Gasteiger partial charge in [0.1, 0.15) is 5.54 Å². The van der Waals surface area contributed by atoms with Crippen LogP contribution in [0.25, 0.3) is 0 Å². The molecule has 3 rings (SSSR count). The van der Waals surface area contributed by atoms with Crippen LogP contribution < -0.4 is 0 Å². The molecule has 0 radical (unpaired) electrons. The molecule has 0 saturated heterocycles. The molecule has 5 nitrogen and oxygen atoms in total. The lowest BCUT2D eigenvalue weighted by atomic mass is 9.93. The van der Waals surface area contributed by atoms with Crippen LogP contribution in [0.2, 0.25) is 0 Å². The molecule has 1 N–H and O–H groups in total. The van der Waals surface area contributed by atoms with E-state index in [0.29, 0.717) is 11.3 Å². The predicted molar refractivity (Wildman–Crippen MR) is 87.0 cm³/mol. The van der Waals surface area contributed by atoms with Gasteiger partial charge in [0.15, 0.2) is 0 Å². The lowest BCUT2D eigenvalue weighted by molar-refractivity contribution is -0.667. The second-order valence-corrected chi connectivity index (χ2v) is 6.06. The van der Waals surface area contributed by atoms with E-state index in [4.69, 9.17) is 4.74 Å². The Labute approximate surface area is 135 Å². The van der Waals surface area contributed by atoms with Crippen LogP contribution in [-0.4, -0.2) is 33.4 Å². The summed E-state index contributed by atoms with van der Waals surface area (Å²) in [6.07, 6.45) is 0. The fraction of sp³-hybridized carbons (Fsp3) is 0.278. The molecular formula is C18H20N2O3. The number of methoxy groups -OCH3 is 1. The van der Waals surface area contributed by atoms with Crippen LogP contribution in [0, 0.1) is 5.21 Å². The average Bonchev–Trinajstić information content (AvgIpc) is 2.72. The second kappa shape index (κ2) is 5.45. The van der Waals surface area contributed by atoms with Crippen LogP contribution >= 0.6 is 0 Å². The summed E-state index contributed by atoms with van der Waals surface area (Å²) >= 11 is 0. The van der Waals surface area contributed by atoms with E-state index in [1.165, 1.54) is 7.11 Å². The first-order valence-corrected chi connectivity index (χ1v) is 7.46. The molecule has 0 fully saturated rings. The third-order valence-corrected chi connectivity index (χ3v) is 4.36. The van der Waals surface area contributed by atoms with Gasteiger partial charge in [-0.05, 0) is 38.1 Å². The Morgan fingerprint density at radius 2 is 1.52 bits per heavy atom. The molecule has 0 bridgehead atoms. The Morgan fingerprint density at radius 3 is 2.04 bits per heavy atom. The molecule has 5 heteroatoms. The van der Waals surface area contributed by atoms with Crippen molar-refractivity contribution in [2.75, 3.05) is 7.11 Å². The number of ether oxygens (including phenoxy) is 1. The van der Waals surface area contributed by atoms with Crippen molar-refractivity contribution < 1.29 is 14.7 Å². The summed E-state index contributed by atoms with van der Waals surface area (Å²) in [4.78, 5) is 0. The molecule has 120 valence electrons. The van der Waals surface area contributed by atoms with Gasteiger partial charge in [0.2, 0.25) is 5.71 Å². The van der Waals surface area contributed by atoms with E-state index in [2.05, 4.69) is 0 Å². The lowest BCUT2D eigenvalue weighted by Crippen LogP contribution is -2.54. The summed E-state index contributed by atoms with van der Waals surface area (Å²) in [5, 5.41) is 25.1. The van der Waals surface area contributed by atoms with Gasteiger partial charge in [0, 0.05) is 12.7 Å². The van der Waals surface area contributed by atoms with E-state index in [9.17, 15) is 10.4 Å². The van der Waals surface area contributed by atoms with Gasteiger partial charge in [-0.2, -0.15) is 4.74 Å². The molecule has 0 amide bonds. The van der Waals surface area contributed by atoms with Crippen molar-refractivity contribution in [3.05, 3.63) is 77.0 Å². The third kappa shape index (κ3) is 2.09. The van der Waals surface area contributed by atoms with Gasteiger partial charge >= 0.3 is 5.85 Å². The number of hydroxylamine groups is 3. The van der Waals surface area contributed by atoms with Gasteiger partial charge in [-0.3, -0.25) is 0 Å². The van der Waals surface area contributed by atoms with Crippen molar-refractivity contribution in [2.45, 2.75) is 25.2 Å². The summed E-state index contributed by atoms with van der Waals surface area (Å²) < 4.78 is 6.33. The molecule has 0 aromatic heterocycles. The zero-order valence-electron chi connectivity index (χ0n) is 13.4. The molecule has 0 aliphatic carbocycles. The number of nitrogens with zero attached hydrogens (tertiary/aromatic N) is 2. The Kier molecular flexibility index (Phi) is 3.72. The number of rotatable bonds is 3. The minimum absolute atomic E-state index is 0.450. The first kappa shape index (κ1) is 15.7. The van der Waals surface area contributed by atoms with E-state index in [1.807, 2.05) is 48.5 Å². The van der Waals surface area contributed by atoms with E-state index < -0.39 is 11.4 Å². The highest BCUT2D eigenvalue weighted by Crippen LogP contribution is 2.42. The lowest BCUT2D eigenvalue weighted by Gasteiger charge is -2.33. The molecule has 23 heavy (non-hydrogen) atoms. The Morgan fingerprint density at radius 1 is 1.00 bits per heavy atom. The van der Waals surface area contributed by atoms with Crippen LogP contribution in [0.1, 0.15) is 25.0 Å². The van der Waals surface area contributed by atoms with Gasteiger partial charge in [-0.15, -0.1) is 0 Å². The van der Waals surface area contributed by atoms with Crippen LogP contribution in [0.3, 0.4) is 0 Å². The van der Waals surface area contributed by atoms with Gasteiger partial charge in [0.25, 0.3) is 0 Å². The molecule has 1 atom stereocenters. The van der Waals surface area contributed by atoms with Gasteiger partial charge in [-0.25, -0.2) is 0 Å². The van der Waals surface area contributed by atoms with E-state index in [1.54, 1.807) is 26.0 Å². The summed E-state index contributed by atoms with van der Waals surface area (Å²) in [6.45, 7) is 3.59. The van der Waals surface area contributed by atoms with E-state index in [-0.39, 0.29) is 0 Å². The number of hydrogen-bond acceptors (Lipinski definition) is 4. The fourth-order valence-electron chi connectivity index (χ4n) is 3.21. The largest absolute Gasteiger partial charge is 0.620 e. The summed E-state index contributed by atoms with van der Waals surface area (Å²) in [5.41, 5.74) is 0.848. The SMILES string of the molecule is COC1(c2ccccc2)N(O)C(C)(C)C(c2ccccc2)=[N+]1[O-]. The summed E-state index contributed by atoms with van der Waals surface area (Å²) in [7, 11) is 1.42. The summed E-state index contributed by atoms with van der Waals surface area (Å²) in [6, 6.07) is 18.3. The maximum absolute atomic E-state index is 13.2. The molecule has 0 spiro atoms. The van der Waals surface area contributed by atoms with Crippen molar-refractivity contribution in [3.8, 4) is 0 Å². The molecule has 1 aliphatic rings. The van der Waals surface area contributed by atoms with Crippen LogP contribution in [0.5, 0.6) is 0 Å². The minimum Gasteiger partial charge on any atom is -0.620 e. The Balaban J connectivity index is 2.28. The molecule has 1 aliphatic heterocycles. The molecular weight excluding hydrogens is 292 g/mol. The van der Waals surface area contributed by atoms with Crippen LogP contribution in [0.15, 0.2) is 60.7 Å². The van der Waals surface area contributed by atoms with E-state index in [0.717, 1.165) is 15.4 Å². The van der Waals surface area contributed by atoms with Crippen molar-refractivity contribution in [3.63, 3.8) is 0 Å². The van der Waals surface area contributed by atoms with Crippen molar-refractivity contribution in [2.24, 2.45) is 0 Å². The predicted octanol–water partition coefficient (Wildman–Crippen LogP) is 2.93. The number of benzene rings is 2. The first-order valence-electron chi connectivity index (χ1n) is 7.46. The Bertz CT molecular complexity index is 728. The second-order valence-electron chi connectivity index (χ2n) is 6.06. The highest BCUT2D eigenvalue weighted by atomic mass is 16.7. The highest BCUT2D eigenvalue weighted by Gasteiger charge is 2.64. The molecule has 2 aromatic rings. The molecule has 1 unspecified atom stereocenters. The third-order valence-electron chi connectivity index (χ3n) is 4.36. The van der Waals surface area contributed by atoms with Crippen LogP contribution in [0.4, 0.5) is 0 Å². The van der Waals surface area contributed by atoms with Crippen molar-refractivity contribution in [1.29, 1.82) is 0 Å². The number of hydrogen-bond donors (Lipinski definition) is 1. The van der Waals surface area contributed by atoms with Crippen LogP contribution in [-0.2, 0) is 10.6 Å².